The van der Waals surface area contributed by atoms with E-state index in [4.69, 9.17) is 0 Å². The Bertz CT molecular complexity index is 732. The molecule has 2 rings (SSSR count). The molecule has 0 saturated carbocycles. The number of hydrogen-bond acceptors (Lipinski definition) is 3. The molecule has 0 aliphatic rings. The molecule has 0 unspecified atom stereocenters. The predicted octanol–water partition coefficient (Wildman–Crippen LogP) is 1.55. The van der Waals surface area contributed by atoms with Gasteiger partial charge in [0.25, 0.3) is 0 Å². The fourth-order valence-electron chi connectivity index (χ4n) is 2.48. The van der Waals surface area contributed by atoms with Gasteiger partial charge in [0.05, 0.1) is 6.42 Å². The van der Waals surface area contributed by atoms with Gasteiger partial charge in [-0.15, -0.1) is 0 Å². The van der Waals surface area contributed by atoms with Gasteiger partial charge in [-0.3, -0.25) is 9.59 Å². The van der Waals surface area contributed by atoms with Crippen LogP contribution in [0.25, 0.3) is 0 Å². The van der Waals surface area contributed by atoms with Gasteiger partial charge in [0.2, 0.25) is 11.8 Å². The summed E-state index contributed by atoms with van der Waals surface area (Å²) < 4.78 is 0. The van der Waals surface area contributed by atoms with Gasteiger partial charge in [-0.1, -0.05) is 60.7 Å². The summed E-state index contributed by atoms with van der Waals surface area (Å²) in [4.78, 5) is 35.1. The maximum Gasteiger partial charge on any atom is 0.326 e. The van der Waals surface area contributed by atoms with Crippen LogP contribution in [0.2, 0.25) is 0 Å². The lowest BCUT2D eigenvalue weighted by Gasteiger charge is -2.15. The molecule has 3 N–H and O–H groups in total. The summed E-state index contributed by atoms with van der Waals surface area (Å²) in [6.07, 6.45) is 0.482. The minimum atomic E-state index is -1.09. The number of nitrogens with one attached hydrogen (secondary N) is 2. The van der Waals surface area contributed by atoms with Crippen molar-refractivity contribution in [1.82, 2.24) is 10.6 Å². The largest absolute Gasteiger partial charge is 0.480 e. The molecule has 0 fully saturated rings. The maximum absolute atomic E-state index is 12.0. The molecule has 0 radical (unpaired) electrons. The second-order valence-corrected chi connectivity index (χ2v) is 5.91. The van der Waals surface area contributed by atoms with Gasteiger partial charge < -0.3 is 15.7 Å². The Balaban J connectivity index is 1.74. The van der Waals surface area contributed by atoms with Crippen molar-refractivity contribution in [3.05, 3.63) is 71.8 Å². The average Bonchev–Trinajstić information content (AvgIpc) is 2.63. The predicted molar refractivity (Wildman–Crippen MR) is 97.5 cm³/mol. The second kappa shape index (κ2) is 9.98. The van der Waals surface area contributed by atoms with E-state index in [-0.39, 0.29) is 31.7 Å². The van der Waals surface area contributed by atoms with Crippen molar-refractivity contribution in [2.45, 2.75) is 25.3 Å². The number of carbonyl (C=O) groups is 3. The standard InChI is InChI=1S/C20H22N2O4/c23-18(11-12-21-19(24)14-16-9-5-2-6-10-16)22-17(20(25)26)13-15-7-3-1-4-8-15/h1-10,17H,11-14H2,(H,21,24)(H,22,23)(H,25,26)/t17-/m0/s1. The number of benzene rings is 2. The minimum Gasteiger partial charge on any atom is -0.480 e. The first-order chi connectivity index (χ1) is 12.5. The Morgan fingerprint density at radius 2 is 1.42 bits per heavy atom. The Kier molecular flexibility index (Phi) is 7.36. The lowest BCUT2D eigenvalue weighted by atomic mass is 10.1. The lowest BCUT2D eigenvalue weighted by Crippen LogP contribution is -2.43. The van der Waals surface area contributed by atoms with Gasteiger partial charge in [-0.2, -0.15) is 0 Å². The zero-order chi connectivity index (χ0) is 18.8. The van der Waals surface area contributed by atoms with Gasteiger partial charge in [-0.25, -0.2) is 4.79 Å². The molecule has 1 atom stereocenters. The number of carboxylic acid groups (broad SMARTS) is 1. The first kappa shape index (κ1) is 19.2. The molecule has 6 heteroatoms. The molecule has 2 aromatic rings. The van der Waals surface area contributed by atoms with Gasteiger partial charge in [-0.05, 0) is 11.1 Å². The van der Waals surface area contributed by atoms with E-state index in [1.54, 1.807) is 0 Å². The number of amides is 2. The Labute approximate surface area is 152 Å². The van der Waals surface area contributed by atoms with Crippen molar-refractivity contribution in [2.75, 3.05) is 6.54 Å². The van der Waals surface area contributed by atoms with E-state index in [2.05, 4.69) is 10.6 Å². The third-order valence-electron chi connectivity index (χ3n) is 3.80. The van der Waals surface area contributed by atoms with Gasteiger partial charge in [0.1, 0.15) is 6.04 Å². The Hall–Kier alpha value is -3.15. The summed E-state index contributed by atoms with van der Waals surface area (Å²) in [7, 11) is 0. The number of carboxylic acids is 1. The topological polar surface area (TPSA) is 95.5 Å². The molecule has 0 spiro atoms. The minimum absolute atomic E-state index is 0.0269. The molecule has 0 aromatic heterocycles. The number of hydrogen-bond donors (Lipinski definition) is 3. The Morgan fingerprint density at radius 3 is 2.00 bits per heavy atom. The summed E-state index contributed by atoms with van der Waals surface area (Å²) in [5.41, 5.74) is 1.72. The number of aliphatic carboxylic acids is 1. The van der Waals surface area contributed by atoms with Crippen LogP contribution in [0, 0.1) is 0 Å². The molecule has 2 amide bonds. The SMILES string of the molecule is O=C(Cc1ccccc1)NCCC(=O)N[C@@H](Cc1ccccc1)C(=O)O. The van der Waals surface area contributed by atoms with Crippen molar-refractivity contribution >= 4 is 17.8 Å². The van der Waals surface area contributed by atoms with Crippen molar-refractivity contribution in [3.8, 4) is 0 Å². The first-order valence-corrected chi connectivity index (χ1v) is 8.41. The van der Waals surface area contributed by atoms with E-state index >= 15 is 0 Å². The average molecular weight is 354 g/mol. The smallest absolute Gasteiger partial charge is 0.326 e. The molecular weight excluding hydrogens is 332 g/mol. The molecule has 6 nitrogen and oxygen atoms in total. The summed E-state index contributed by atoms with van der Waals surface area (Å²) >= 11 is 0. The van der Waals surface area contributed by atoms with Crippen LogP contribution in [0.15, 0.2) is 60.7 Å². The van der Waals surface area contributed by atoms with E-state index in [9.17, 15) is 19.5 Å². The molecule has 0 aliphatic carbocycles. The summed E-state index contributed by atoms with van der Waals surface area (Å²) in [5, 5.41) is 14.4. The molecule has 0 aliphatic heterocycles. The molecule has 2 aromatic carbocycles. The normalized spacial score (nSPS) is 11.4. The highest BCUT2D eigenvalue weighted by molar-refractivity contribution is 5.84. The fraction of sp³-hybridized carbons (Fsp3) is 0.250. The maximum atomic E-state index is 12.0. The number of carbonyl (C=O) groups excluding carboxylic acids is 2. The van der Waals surface area contributed by atoms with E-state index in [0.29, 0.717) is 0 Å². The molecule has 0 bridgehead atoms. The van der Waals surface area contributed by atoms with Crippen molar-refractivity contribution in [1.29, 1.82) is 0 Å². The van der Waals surface area contributed by atoms with E-state index in [0.717, 1.165) is 11.1 Å². The molecule has 26 heavy (non-hydrogen) atoms. The third kappa shape index (κ3) is 6.76. The molecular formula is C20H22N2O4. The van der Waals surface area contributed by atoms with E-state index in [1.165, 1.54) is 0 Å². The fourth-order valence-corrected chi connectivity index (χ4v) is 2.48. The summed E-state index contributed by atoms with van der Waals surface area (Å²) in [5.74, 6) is -1.67. The number of rotatable bonds is 9. The molecule has 0 heterocycles. The van der Waals surface area contributed by atoms with Crippen molar-refractivity contribution in [3.63, 3.8) is 0 Å². The zero-order valence-corrected chi connectivity index (χ0v) is 14.4. The van der Waals surface area contributed by atoms with Gasteiger partial charge in [0.15, 0.2) is 0 Å². The van der Waals surface area contributed by atoms with Crippen LogP contribution < -0.4 is 10.6 Å². The first-order valence-electron chi connectivity index (χ1n) is 8.41. The highest BCUT2D eigenvalue weighted by atomic mass is 16.4. The zero-order valence-electron chi connectivity index (χ0n) is 14.4. The summed E-state index contributed by atoms with van der Waals surface area (Å²) in [6.45, 7) is 0.162. The van der Waals surface area contributed by atoms with Crippen LogP contribution in [-0.4, -0.2) is 35.5 Å². The highest BCUT2D eigenvalue weighted by Gasteiger charge is 2.20. The second-order valence-electron chi connectivity index (χ2n) is 5.91. The molecule has 136 valence electrons. The van der Waals surface area contributed by atoms with Crippen LogP contribution in [0.5, 0.6) is 0 Å². The van der Waals surface area contributed by atoms with Gasteiger partial charge in [0, 0.05) is 19.4 Å². The van der Waals surface area contributed by atoms with Crippen LogP contribution in [-0.2, 0) is 27.2 Å². The van der Waals surface area contributed by atoms with Gasteiger partial charge >= 0.3 is 5.97 Å². The van der Waals surface area contributed by atoms with Crippen molar-refractivity contribution in [2.24, 2.45) is 0 Å². The quantitative estimate of drug-likeness (QED) is 0.637. The Morgan fingerprint density at radius 1 is 0.846 bits per heavy atom. The summed E-state index contributed by atoms with van der Waals surface area (Å²) in [6, 6.07) is 17.4. The van der Waals surface area contributed by atoms with Crippen LogP contribution in [0.4, 0.5) is 0 Å². The van der Waals surface area contributed by atoms with Crippen LogP contribution in [0.1, 0.15) is 17.5 Å². The monoisotopic (exact) mass is 354 g/mol. The van der Waals surface area contributed by atoms with Crippen LogP contribution in [0.3, 0.4) is 0 Å². The lowest BCUT2D eigenvalue weighted by molar-refractivity contribution is -0.141. The third-order valence-corrected chi connectivity index (χ3v) is 3.80. The van der Waals surface area contributed by atoms with Crippen molar-refractivity contribution < 1.29 is 19.5 Å². The highest BCUT2D eigenvalue weighted by Crippen LogP contribution is 2.04. The molecule has 0 saturated heterocycles. The van der Waals surface area contributed by atoms with E-state index < -0.39 is 17.9 Å². The van der Waals surface area contributed by atoms with E-state index in [1.807, 2.05) is 60.7 Å². The van der Waals surface area contributed by atoms with Crippen LogP contribution >= 0.6 is 0 Å².